The number of halogens is 3. The van der Waals surface area contributed by atoms with Crippen molar-refractivity contribution in [3.63, 3.8) is 0 Å². The highest BCUT2D eigenvalue weighted by atomic mass is 19.4. The van der Waals surface area contributed by atoms with E-state index in [2.05, 4.69) is 4.98 Å². The third kappa shape index (κ3) is 2.38. The second-order valence-corrected chi connectivity index (χ2v) is 4.44. The molecule has 20 heavy (non-hydrogen) atoms. The van der Waals surface area contributed by atoms with Gasteiger partial charge < -0.3 is 5.73 Å². The molecule has 7 heteroatoms. The number of nitrogens with zero attached hydrogens (tertiary/aromatic N) is 1. The van der Waals surface area contributed by atoms with Gasteiger partial charge in [-0.3, -0.25) is 9.78 Å². The lowest BCUT2D eigenvalue weighted by Crippen LogP contribution is -2.25. The molecule has 0 radical (unpaired) electrons. The summed E-state index contributed by atoms with van der Waals surface area (Å²) in [4.78, 5) is 17.2. The first-order valence-corrected chi connectivity index (χ1v) is 5.75. The monoisotopic (exact) mass is 283 g/mol. The summed E-state index contributed by atoms with van der Waals surface area (Å²) in [6.07, 6.45) is -4.81. The molecule has 0 aliphatic heterocycles. The minimum atomic E-state index is -4.81. The van der Waals surface area contributed by atoms with Gasteiger partial charge >= 0.3 is 6.18 Å². The Morgan fingerprint density at radius 1 is 1.20 bits per heavy atom. The van der Waals surface area contributed by atoms with Gasteiger partial charge in [-0.2, -0.15) is 13.2 Å². The number of aromatic nitrogens is 2. The van der Waals surface area contributed by atoms with Crippen molar-refractivity contribution in [2.24, 2.45) is 0 Å². The quantitative estimate of drug-likeness (QED) is 0.845. The minimum Gasteiger partial charge on any atom is -0.369 e. The number of benzene rings is 1. The number of nitrogens with one attached hydrogen (secondary N) is 1. The fourth-order valence-electron chi connectivity index (χ4n) is 2.12. The topological polar surface area (TPSA) is 71.8 Å². The molecular weight excluding hydrogens is 271 g/mol. The molecule has 0 spiro atoms. The van der Waals surface area contributed by atoms with E-state index in [0.29, 0.717) is 11.1 Å². The van der Waals surface area contributed by atoms with Crippen LogP contribution < -0.4 is 11.3 Å². The number of aryl methyl sites for hydroxylation is 2. The zero-order valence-electron chi connectivity index (χ0n) is 10.8. The Hall–Kier alpha value is -2.31. The molecule has 2 aromatic rings. The number of aromatic amines is 1. The molecule has 3 N–H and O–H groups in total. The van der Waals surface area contributed by atoms with Crippen molar-refractivity contribution in [1.29, 1.82) is 0 Å². The van der Waals surface area contributed by atoms with E-state index in [4.69, 9.17) is 5.73 Å². The van der Waals surface area contributed by atoms with E-state index in [9.17, 15) is 18.0 Å². The van der Waals surface area contributed by atoms with Crippen molar-refractivity contribution in [3.8, 4) is 11.3 Å². The summed E-state index contributed by atoms with van der Waals surface area (Å²) in [6, 6.07) is 5.03. The fourth-order valence-corrected chi connectivity index (χ4v) is 2.12. The second kappa shape index (κ2) is 4.66. The molecule has 0 saturated heterocycles. The highest BCUT2D eigenvalue weighted by Gasteiger charge is 2.39. The Bertz CT molecular complexity index is 700. The van der Waals surface area contributed by atoms with Gasteiger partial charge in [-0.15, -0.1) is 0 Å². The summed E-state index contributed by atoms with van der Waals surface area (Å²) in [5.74, 6) is -0.347. The number of anilines is 1. The van der Waals surface area contributed by atoms with E-state index in [0.717, 1.165) is 0 Å². The first-order valence-electron chi connectivity index (χ1n) is 5.75. The molecule has 0 fully saturated rings. The van der Waals surface area contributed by atoms with Crippen molar-refractivity contribution < 1.29 is 13.2 Å². The number of hydrogen-bond acceptors (Lipinski definition) is 3. The van der Waals surface area contributed by atoms with Crippen LogP contribution in [-0.4, -0.2) is 9.97 Å². The average molecular weight is 283 g/mol. The standard InChI is InChI=1S/C13H12F3N3O/c1-6-4-3-5-7(2)8(6)10-9(13(14,15)16)11(20)19-12(17)18-10/h3-5H,1-2H3,(H3,17,18,19,20). The molecule has 0 unspecified atom stereocenters. The van der Waals surface area contributed by atoms with Gasteiger partial charge in [0, 0.05) is 5.56 Å². The van der Waals surface area contributed by atoms with Gasteiger partial charge in [-0.25, -0.2) is 4.98 Å². The molecule has 0 aliphatic carbocycles. The second-order valence-electron chi connectivity index (χ2n) is 4.44. The zero-order valence-corrected chi connectivity index (χ0v) is 10.8. The molecule has 0 aliphatic rings. The first-order chi connectivity index (χ1) is 9.21. The largest absolute Gasteiger partial charge is 0.423 e. The van der Waals surface area contributed by atoms with Crippen molar-refractivity contribution in [2.75, 3.05) is 5.73 Å². The van der Waals surface area contributed by atoms with Crippen molar-refractivity contribution in [1.82, 2.24) is 9.97 Å². The maximum absolute atomic E-state index is 13.1. The highest BCUT2D eigenvalue weighted by molar-refractivity contribution is 5.71. The minimum absolute atomic E-state index is 0.276. The maximum atomic E-state index is 13.1. The van der Waals surface area contributed by atoms with Crippen LogP contribution in [0.5, 0.6) is 0 Å². The van der Waals surface area contributed by atoms with Crippen LogP contribution in [0.25, 0.3) is 11.3 Å². The predicted octanol–water partition coefficient (Wildman–Crippen LogP) is 2.65. The number of nitrogen functional groups attached to an aromatic ring is 1. The van der Waals surface area contributed by atoms with Gasteiger partial charge in [0.05, 0.1) is 5.69 Å². The Labute approximate surface area is 112 Å². The fraction of sp³-hybridized carbons (Fsp3) is 0.231. The van der Waals surface area contributed by atoms with Crippen molar-refractivity contribution in [3.05, 3.63) is 45.2 Å². The summed E-state index contributed by atoms with van der Waals surface area (Å²) >= 11 is 0. The van der Waals surface area contributed by atoms with Gasteiger partial charge in [-0.05, 0) is 25.0 Å². The van der Waals surface area contributed by atoms with E-state index in [1.54, 1.807) is 32.0 Å². The van der Waals surface area contributed by atoms with Crippen LogP contribution in [0.3, 0.4) is 0 Å². The van der Waals surface area contributed by atoms with Gasteiger partial charge in [0.2, 0.25) is 5.95 Å². The lowest BCUT2D eigenvalue weighted by atomic mass is 9.97. The molecule has 2 rings (SSSR count). The Morgan fingerprint density at radius 3 is 2.25 bits per heavy atom. The average Bonchev–Trinajstić information content (AvgIpc) is 2.25. The van der Waals surface area contributed by atoms with Gasteiger partial charge in [0.15, 0.2) is 0 Å². The Balaban J connectivity index is 2.91. The number of alkyl halides is 3. The van der Waals surface area contributed by atoms with E-state index >= 15 is 0 Å². The third-order valence-electron chi connectivity index (χ3n) is 2.94. The highest BCUT2D eigenvalue weighted by Crippen LogP contribution is 2.36. The van der Waals surface area contributed by atoms with Crippen LogP contribution in [-0.2, 0) is 6.18 Å². The van der Waals surface area contributed by atoms with Gasteiger partial charge in [0.25, 0.3) is 5.56 Å². The number of hydrogen-bond donors (Lipinski definition) is 2. The summed E-state index contributed by atoms with van der Waals surface area (Å²) < 4.78 is 39.3. The lowest BCUT2D eigenvalue weighted by Gasteiger charge is -2.15. The van der Waals surface area contributed by atoms with Crippen LogP contribution in [0.2, 0.25) is 0 Å². The molecule has 0 saturated carbocycles. The van der Waals surface area contributed by atoms with E-state index in [1.807, 2.05) is 4.98 Å². The first kappa shape index (κ1) is 14.1. The van der Waals surface area contributed by atoms with Crippen LogP contribution in [0.1, 0.15) is 16.7 Å². The smallest absolute Gasteiger partial charge is 0.369 e. The molecule has 0 bridgehead atoms. The van der Waals surface area contributed by atoms with E-state index < -0.39 is 23.0 Å². The van der Waals surface area contributed by atoms with Gasteiger partial charge in [-0.1, -0.05) is 18.2 Å². The summed E-state index contributed by atoms with van der Waals surface area (Å²) in [5.41, 5.74) is 3.78. The van der Waals surface area contributed by atoms with Crippen molar-refractivity contribution >= 4 is 5.95 Å². The van der Waals surface area contributed by atoms with Crippen LogP contribution in [0, 0.1) is 13.8 Å². The molecule has 4 nitrogen and oxygen atoms in total. The molecule has 0 atom stereocenters. The number of H-pyrrole nitrogens is 1. The molecule has 0 amide bonds. The molecular formula is C13H12F3N3O. The summed E-state index contributed by atoms with van der Waals surface area (Å²) in [5, 5.41) is 0. The number of rotatable bonds is 1. The predicted molar refractivity (Wildman–Crippen MR) is 69.2 cm³/mol. The zero-order chi connectivity index (χ0) is 15.1. The SMILES string of the molecule is Cc1cccc(C)c1-c1nc(N)[nH]c(=O)c1C(F)(F)F. The van der Waals surface area contributed by atoms with Gasteiger partial charge in [0.1, 0.15) is 5.56 Å². The van der Waals surface area contributed by atoms with Crippen LogP contribution in [0.4, 0.5) is 19.1 Å². The summed E-state index contributed by atoms with van der Waals surface area (Å²) in [7, 11) is 0. The molecule has 106 valence electrons. The third-order valence-corrected chi connectivity index (χ3v) is 2.94. The molecule has 1 aromatic carbocycles. The maximum Gasteiger partial charge on any atom is 0.423 e. The normalized spacial score (nSPS) is 11.7. The van der Waals surface area contributed by atoms with Crippen LogP contribution in [0.15, 0.2) is 23.0 Å². The number of nitrogens with two attached hydrogens (primary N) is 1. The lowest BCUT2D eigenvalue weighted by molar-refractivity contribution is -0.138. The van der Waals surface area contributed by atoms with E-state index in [-0.39, 0.29) is 11.5 Å². The van der Waals surface area contributed by atoms with Crippen molar-refractivity contribution in [2.45, 2.75) is 20.0 Å². The van der Waals surface area contributed by atoms with E-state index in [1.165, 1.54) is 0 Å². The summed E-state index contributed by atoms with van der Waals surface area (Å²) in [6.45, 7) is 3.31. The molecule has 1 aromatic heterocycles. The van der Waals surface area contributed by atoms with Crippen LogP contribution >= 0.6 is 0 Å². The molecule has 1 heterocycles. The Kier molecular flexibility index (Phi) is 3.29. The Morgan fingerprint density at radius 2 is 1.75 bits per heavy atom.